The Labute approximate surface area is 343 Å². The van der Waals surface area contributed by atoms with Gasteiger partial charge in [0.05, 0.1) is 13.8 Å². The fourth-order valence-corrected chi connectivity index (χ4v) is 11.3. The number of rotatable bonds is 7. The molecule has 58 heavy (non-hydrogen) atoms. The summed E-state index contributed by atoms with van der Waals surface area (Å²) in [6, 6.07) is 67.5. The fourth-order valence-electron chi connectivity index (χ4n) is 9.77. The molecule has 0 aromatic heterocycles. The minimum absolute atomic E-state index is 0.289. The molecule has 0 saturated heterocycles. The van der Waals surface area contributed by atoms with Gasteiger partial charge >= 0.3 is 0 Å². The normalized spacial score (nSPS) is 13.1. The van der Waals surface area contributed by atoms with Crippen LogP contribution in [-0.4, -0.2) is 8.07 Å². The summed E-state index contributed by atoms with van der Waals surface area (Å²) < 4.78 is 0. The van der Waals surface area contributed by atoms with E-state index in [1.54, 1.807) is 0 Å². The molecular formula is C55H48N2Si. The maximum atomic E-state index is 2.54. The Morgan fingerprint density at radius 3 is 1.59 bits per heavy atom. The van der Waals surface area contributed by atoms with E-state index in [2.05, 4.69) is 232 Å². The number of anilines is 6. The zero-order valence-electron chi connectivity index (χ0n) is 34.2. The zero-order chi connectivity index (χ0) is 39.8. The van der Waals surface area contributed by atoms with Crippen molar-refractivity contribution in [3.8, 4) is 11.1 Å². The van der Waals surface area contributed by atoms with Crippen LogP contribution in [-0.2, 0) is 5.41 Å². The van der Waals surface area contributed by atoms with Gasteiger partial charge in [-0.2, -0.15) is 0 Å². The van der Waals surface area contributed by atoms with Crippen LogP contribution in [0.1, 0.15) is 30.5 Å². The molecule has 0 fully saturated rings. The summed E-state index contributed by atoms with van der Waals surface area (Å²) in [7, 11) is -1.74. The number of nitrogens with zero attached hydrogens (tertiary/aromatic N) is 2. The third-order valence-corrected chi connectivity index (χ3v) is 14.5. The standard InChI is InChI=1S/C55H48N2Si/c1-37-21-13-18-30-48(37)56(38-22-9-7-10-23-38)40-33-34-45-46(35-40)41-26-14-16-28-43(41)53-52-44-29-17-15-27-42(44)50(36-47(52)55(2,3)54(45)53)57(39-24-11-8-12-25-39)49-31-19-20-32-51(49)58(4,5)6/h7-36H,1-6H3. The van der Waals surface area contributed by atoms with Crippen LogP contribution in [0.4, 0.5) is 34.1 Å². The molecule has 0 bridgehead atoms. The van der Waals surface area contributed by atoms with E-state index in [-0.39, 0.29) is 5.41 Å². The quantitative estimate of drug-likeness (QED) is 0.118. The molecule has 0 radical (unpaired) electrons. The van der Waals surface area contributed by atoms with Crippen LogP contribution in [0.25, 0.3) is 43.4 Å². The lowest BCUT2D eigenvalue weighted by Gasteiger charge is -2.33. The molecule has 1 aliphatic rings. The van der Waals surface area contributed by atoms with Crippen molar-refractivity contribution in [2.45, 2.75) is 45.8 Å². The van der Waals surface area contributed by atoms with Crippen molar-refractivity contribution in [2.24, 2.45) is 0 Å². The number of benzene rings is 9. The summed E-state index contributed by atoms with van der Waals surface area (Å²) in [5.74, 6) is 0. The maximum Gasteiger partial charge on any atom is 0.0803 e. The molecule has 10 rings (SSSR count). The first-order chi connectivity index (χ1) is 28.1. The first kappa shape index (κ1) is 36.0. The molecular weight excluding hydrogens is 717 g/mol. The fraction of sp³-hybridized carbons (Fsp3) is 0.127. The summed E-state index contributed by atoms with van der Waals surface area (Å²) >= 11 is 0. The van der Waals surface area contributed by atoms with Gasteiger partial charge in [-0.25, -0.2) is 0 Å². The molecule has 282 valence electrons. The Balaban J connectivity index is 1.27. The second-order valence-corrected chi connectivity index (χ2v) is 22.4. The van der Waals surface area contributed by atoms with E-state index >= 15 is 0 Å². The van der Waals surface area contributed by atoms with Crippen molar-refractivity contribution < 1.29 is 0 Å². The van der Waals surface area contributed by atoms with Crippen LogP contribution >= 0.6 is 0 Å². The predicted molar refractivity (Wildman–Crippen MR) is 254 cm³/mol. The molecule has 0 heterocycles. The number of fused-ring (bicyclic) bond motifs is 10. The van der Waals surface area contributed by atoms with Gasteiger partial charge in [-0.15, -0.1) is 0 Å². The molecule has 0 amide bonds. The zero-order valence-corrected chi connectivity index (χ0v) is 35.2. The molecule has 9 aromatic carbocycles. The maximum absolute atomic E-state index is 2.54. The van der Waals surface area contributed by atoms with Crippen molar-refractivity contribution >= 4 is 79.7 Å². The topological polar surface area (TPSA) is 6.48 Å². The number of hydrogen-bond donors (Lipinski definition) is 0. The molecule has 0 atom stereocenters. The molecule has 0 aliphatic heterocycles. The Bertz CT molecular complexity index is 3030. The Morgan fingerprint density at radius 2 is 0.931 bits per heavy atom. The van der Waals surface area contributed by atoms with Crippen LogP contribution < -0.4 is 15.0 Å². The van der Waals surface area contributed by atoms with E-state index in [0.29, 0.717) is 0 Å². The van der Waals surface area contributed by atoms with Crippen molar-refractivity contribution in [1.29, 1.82) is 0 Å². The van der Waals surface area contributed by atoms with E-state index in [9.17, 15) is 0 Å². The van der Waals surface area contributed by atoms with Gasteiger partial charge < -0.3 is 9.80 Å². The highest BCUT2D eigenvalue weighted by atomic mass is 28.3. The lowest BCUT2D eigenvalue weighted by Crippen LogP contribution is -2.40. The summed E-state index contributed by atoms with van der Waals surface area (Å²) in [6.45, 7) is 14.5. The Morgan fingerprint density at radius 1 is 0.397 bits per heavy atom. The second-order valence-electron chi connectivity index (χ2n) is 17.4. The van der Waals surface area contributed by atoms with E-state index in [0.717, 1.165) is 11.4 Å². The molecule has 0 unspecified atom stereocenters. The van der Waals surface area contributed by atoms with Gasteiger partial charge in [0.25, 0.3) is 0 Å². The van der Waals surface area contributed by atoms with Gasteiger partial charge in [-0.1, -0.05) is 161 Å². The lowest BCUT2D eigenvalue weighted by atomic mass is 9.79. The van der Waals surface area contributed by atoms with Crippen LogP contribution in [0.3, 0.4) is 0 Å². The minimum atomic E-state index is -1.74. The van der Waals surface area contributed by atoms with E-state index in [1.165, 1.54) is 88.1 Å². The largest absolute Gasteiger partial charge is 0.310 e. The van der Waals surface area contributed by atoms with Crippen LogP contribution in [0.15, 0.2) is 182 Å². The van der Waals surface area contributed by atoms with Gasteiger partial charge in [0.15, 0.2) is 0 Å². The van der Waals surface area contributed by atoms with Crippen molar-refractivity contribution in [3.63, 3.8) is 0 Å². The predicted octanol–water partition coefficient (Wildman–Crippen LogP) is 15.2. The smallest absolute Gasteiger partial charge is 0.0803 e. The van der Waals surface area contributed by atoms with E-state index < -0.39 is 8.07 Å². The first-order valence-corrected chi connectivity index (χ1v) is 24.0. The molecule has 1 aliphatic carbocycles. The third kappa shape index (κ3) is 5.60. The van der Waals surface area contributed by atoms with Gasteiger partial charge in [0.2, 0.25) is 0 Å². The molecule has 9 aromatic rings. The minimum Gasteiger partial charge on any atom is -0.310 e. The van der Waals surface area contributed by atoms with Gasteiger partial charge in [-0.05, 0) is 121 Å². The molecule has 2 nitrogen and oxygen atoms in total. The molecule has 3 heteroatoms. The van der Waals surface area contributed by atoms with E-state index in [4.69, 9.17) is 0 Å². The van der Waals surface area contributed by atoms with Gasteiger partial charge in [-0.3, -0.25) is 0 Å². The highest BCUT2D eigenvalue weighted by Crippen LogP contribution is 2.59. The first-order valence-electron chi connectivity index (χ1n) is 20.5. The lowest BCUT2D eigenvalue weighted by molar-refractivity contribution is 0.667. The summed E-state index contributed by atoms with van der Waals surface area (Å²) in [4.78, 5) is 4.95. The SMILES string of the molecule is Cc1ccccc1N(c1ccccc1)c1ccc2c3c(c4ccccc4c2c1)-c1c(cc(N(c2ccccc2)c2ccccc2[Si](C)(C)C)c2ccccc12)C3(C)C. The second kappa shape index (κ2) is 13.6. The molecule has 0 spiro atoms. The number of hydrogen-bond acceptors (Lipinski definition) is 2. The highest BCUT2D eigenvalue weighted by Gasteiger charge is 2.41. The highest BCUT2D eigenvalue weighted by molar-refractivity contribution is 6.89. The number of aryl methyl sites for hydroxylation is 1. The summed E-state index contributed by atoms with van der Waals surface area (Å²) in [5, 5.41) is 9.18. The summed E-state index contributed by atoms with van der Waals surface area (Å²) in [5.41, 5.74) is 13.6. The average Bonchev–Trinajstić information content (AvgIpc) is 3.49. The van der Waals surface area contributed by atoms with Crippen molar-refractivity contribution in [3.05, 3.63) is 199 Å². The van der Waals surface area contributed by atoms with Crippen LogP contribution in [0.2, 0.25) is 19.6 Å². The number of para-hydroxylation sites is 4. The van der Waals surface area contributed by atoms with E-state index in [1.807, 2.05) is 0 Å². The van der Waals surface area contributed by atoms with Crippen LogP contribution in [0.5, 0.6) is 0 Å². The summed E-state index contributed by atoms with van der Waals surface area (Å²) in [6.07, 6.45) is 0. The van der Waals surface area contributed by atoms with Crippen molar-refractivity contribution in [1.82, 2.24) is 0 Å². The van der Waals surface area contributed by atoms with Gasteiger partial charge in [0.1, 0.15) is 0 Å². The average molecular weight is 765 g/mol. The van der Waals surface area contributed by atoms with Crippen molar-refractivity contribution in [2.75, 3.05) is 9.80 Å². The van der Waals surface area contributed by atoms with Gasteiger partial charge in [0, 0.05) is 39.2 Å². The Kier molecular flexibility index (Phi) is 8.44. The Hall–Kier alpha value is -6.42. The molecule has 0 saturated carbocycles. The monoisotopic (exact) mass is 764 g/mol. The molecule has 0 N–H and O–H groups in total. The third-order valence-electron chi connectivity index (χ3n) is 12.4. The van der Waals surface area contributed by atoms with Crippen LogP contribution in [0, 0.1) is 6.92 Å².